The van der Waals surface area contributed by atoms with E-state index in [0.717, 1.165) is 27.8 Å². The maximum atomic E-state index is 12.8. The van der Waals surface area contributed by atoms with Crippen LogP contribution in [-0.4, -0.2) is 29.7 Å². The second-order valence-electron chi connectivity index (χ2n) is 7.85. The second kappa shape index (κ2) is 9.04. The van der Waals surface area contributed by atoms with Crippen molar-refractivity contribution in [1.82, 2.24) is 0 Å². The predicted molar refractivity (Wildman–Crippen MR) is 119 cm³/mol. The summed E-state index contributed by atoms with van der Waals surface area (Å²) in [7, 11) is 0. The summed E-state index contributed by atoms with van der Waals surface area (Å²) in [5.41, 5.74) is 11.6. The maximum Gasteiger partial charge on any atom is 0.321 e. The Balaban J connectivity index is 1.48. The first-order valence-corrected chi connectivity index (χ1v) is 10.3. The van der Waals surface area contributed by atoms with Crippen LogP contribution in [0, 0.1) is 17.2 Å². The van der Waals surface area contributed by atoms with E-state index in [1.54, 1.807) is 24.3 Å². The average Bonchev–Trinajstić information content (AvgIpc) is 3.12. The number of aliphatic carboxylic acids is 1. The van der Waals surface area contributed by atoms with Gasteiger partial charge in [-0.2, -0.15) is 5.26 Å². The Bertz CT molecular complexity index is 1150. The molecule has 0 amide bonds. The second-order valence-corrected chi connectivity index (χ2v) is 7.85. The molecule has 0 aromatic heterocycles. The van der Waals surface area contributed by atoms with Gasteiger partial charge in [-0.3, -0.25) is 9.59 Å². The van der Waals surface area contributed by atoms with Crippen LogP contribution < -0.4 is 5.73 Å². The van der Waals surface area contributed by atoms with Crippen molar-refractivity contribution in [3.8, 4) is 17.2 Å². The lowest BCUT2D eigenvalue weighted by Crippen LogP contribution is -2.43. The standard InChI is InChI=1S/C26H22N2O4/c27-14-17-11-9-16(10-12-17)13-23(28)24(25(29)30)26(31)32-15-22-20-7-3-1-5-18(20)19-6-2-4-8-21(19)22/h1-12,22-24H,13,15,28H2,(H,29,30)/t23-,24-/m1/s1. The highest BCUT2D eigenvalue weighted by molar-refractivity contribution is 5.95. The number of esters is 1. The highest BCUT2D eigenvalue weighted by Crippen LogP contribution is 2.44. The van der Waals surface area contributed by atoms with Crippen LogP contribution in [0.25, 0.3) is 11.1 Å². The van der Waals surface area contributed by atoms with Crippen LogP contribution in [0.4, 0.5) is 0 Å². The Hall–Kier alpha value is -3.95. The van der Waals surface area contributed by atoms with E-state index >= 15 is 0 Å². The molecular weight excluding hydrogens is 404 g/mol. The van der Waals surface area contributed by atoms with Gasteiger partial charge in [-0.05, 0) is 46.4 Å². The normalized spacial score (nSPS) is 14.0. The molecule has 0 fully saturated rings. The van der Waals surface area contributed by atoms with Crippen molar-refractivity contribution < 1.29 is 19.4 Å². The lowest BCUT2D eigenvalue weighted by Gasteiger charge is -2.21. The molecule has 0 saturated carbocycles. The fourth-order valence-electron chi connectivity index (χ4n) is 4.26. The van der Waals surface area contributed by atoms with Crippen molar-refractivity contribution in [3.05, 3.63) is 95.1 Å². The molecule has 3 aromatic rings. The van der Waals surface area contributed by atoms with Gasteiger partial charge in [0.15, 0.2) is 5.92 Å². The Kier molecular flexibility index (Phi) is 6.02. The number of hydrogen-bond acceptors (Lipinski definition) is 5. The van der Waals surface area contributed by atoms with E-state index in [1.807, 2.05) is 54.6 Å². The summed E-state index contributed by atoms with van der Waals surface area (Å²) in [6.07, 6.45) is 0.173. The third-order valence-corrected chi connectivity index (χ3v) is 5.86. The first-order chi connectivity index (χ1) is 15.5. The number of carboxylic acids is 1. The fraction of sp³-hybridized carbons (Fsp3) is 0.192. The van der Waals surface area contributed by atoms with Crippen molar-refractivity contribution in [2.75, 3.05) is 6.61 Å². The van der Waals surface area contributed by atoms with Gasteiger partial charge in [0.05, 0.1) is 11.6 Å². The molecule has 1 aliphatic rings. The van der Waals surface area contributed by atoms with Crippen LogP contribution in [0.3, 0.4) is 0 Å². The molecule has 32 heavy (non-hydrogen) atoms. The molecule has 1 aliphatic carbocycles. The number of carboxylic acid groups (broad SMARTS) is 1. The van der Waals surface area contributed by atoms with Gasteiger partial charge < -0.3 is 15.6 Å². The number of ether oxygens (including phenoxy) is 1. The van der Waals surface area contributed by atoms with Crippen molar-refractivity contribution in [2.45, 2.75) is 18.4 Å². The number of carbonyl (C=O) groups is 2. The van der Waals surface area contributed by atoms with Crippen molar-refractivity contribution in [2.24, 2.45) is 11.7 Å². The monoisotopic (exact) mass is 426 g/mol. The number of fused-ring (bicyclic) bond motifs is 3. The molecule has 3 aromatic carbocycles. The Morgan fingerprint density at radius 1 is 0.969 bits per heavy atom. The Morgan fingerprint density at radius 2 is 1.53 bits per heavy atom. The summed E-state index contributed by atoms with van der Waals surface area (Å²) in [5, 5.41) is 18.6. The third kappa shape index (κ3) is 4.11. The first kappa shape index (κ1) is 21.3. The lowest BCUT2D eigenvalue weighted by atomic mass is 9.93. The Morgan fingerprint density at radius 3 is 2.06 bits per heavy atom. The zero-order chi connectivity index (χ0) is 22.7. The number of benzene rings is 3. The van der Waals surface area contributed by atoms with Crippen molar-refractivity contribution >= 4 is 11.9 Å². The van der Waals surface area contributed by atoms with Crippen LogP contribution in [0.15, 0.2) is 72.8 Å². The first-order valence-electron chi connectivity index (χ1n) is 10.3. The van der Waals surface area contributed by atoms with E-state index in [9.17, 15) is 14.7 Å². The van der Waals surface area contributed by atoms with Gasteiger partial charge in [0.25, 0.3) is 0 Å². The maximum absolute atomic E-state index is 12.8. The van der Waals surface area contributed by atoms with E-state index in [2.05, 4.69) is 0 Å². The zero-order valence-electron chi connectivity index (χ0n) is 17.3. The molecule has 0 spiro atoms. The smallest absolute Gasteiger partial charge is 0.321 e. The highest BCUT2D eigenvalue weighted by Gasteiger charge is 2.36. The van der Waals surface area contributed by atoms with Gasteiger partial charge in [0.2, 0.25) is 0 Å². The largest absolute Gasteiger partial charge is 0.481 e. The van der Waals surface area contributed by atoms with Gasteiger partial charge in [-0.15, -0.1) is 0 Å². The third-order valence-electron chi connectivity index (χ3n) is 5.86. The van der Waals surface area contributed by atoms with Crippen molar-refractivity contribution in [3.63, 3.8) is 0 Å². The van der Waals surface area contributed by atoms with Crippen LogP contribution in [0.2, 0.25) is 0 Å². The van der Waals surface area contributed by atoms with Gasteiger partial charge in [0, 0.05) is 12.0 Å². The Labute approximate surface area is 185 Å². The van der Waals surface area contributed by atoms with E-state index < -0.39 is 23.9 Å². The molecule has 0 unspecified atom stereocenters. The quantitative estimate of drug-likeness (QED) is 0.442. The molecule has 4 rings (SSSR count). The molecule has 3 N–H and O–H groups in total. The summed E-state index contributed by atoms with van der Waals surface area (Å²) in [4.78, 5) is 24.6. The van der Waals surface area contributed by atoms with Crippen LogP contribution in [0.1, 0.15) is 28.2 Å². The van der Waals surface area contributed by atoms with E-state index in [-0.39, 0.29) is 18.9 Å². The molecule has 160 valence electrons. The van der Waals surface area contributed by atoms with Gasteiger partial charge in [-0.25, -0.2) is 0 Å². The zero-order valence-corrected chi connectivity index (χ0v) is 17.3. The number of carbonyl (C=O) groups excluding carboxylic acids is 1. The minimum atomic E-state index is -1.49. The van der Waals surface area contributed by atoms with Crippen LogP contribution in [-0.2, 0) is 20.7 Å². The van der Waals surface area contributed by atoms with E-state index in [4.69, 9.17) is 15.7 Å². The fourth-order valence-corrected chi connectivity index (χ4v) is 4.26. The average molecular weight is 426 g/mol. The number of hydrogen-bond donors (Lipinski definition) is 2. The molecule has 0 saturated heterocycles. The minimum Gasteiger partial charge on any atom is -0.481 e. The summed E-state index contributed by atoms with van der Waals surface area (Å²) in [6.45, 7) is 0.0419. The van der Waals surface area contributed by atoms with E-state index in [0.29, 0.717) is 5.56 Å². The number of nitrogens with two attached hydrogens (primary N) is 1. The highest BCUT2D eigenvalue weighted by atomic mass is 16.5. The molecule has 0 aliphatic heterocycles. The SMILES string of the molecule is N#Cc1ccc(C[C@@H](N)[C@H](C(=O)O)C(=O)OCC2c3ccccc3-c3ccccc32)cc1. The van der Waals surface area contributed by atoms with Crippen LogP contribution >= 0.6 is 0 Å². The topological polar surface area (TPSA) is 113 Å². The lowest BCUT2D eigenvalue weighted by molar-refractivity contribution is -0.159. The van der Waals surface area contributed by atoms with Gasteiger partial charge in [-0.1, -0.05) is 60.7 Å². The number of rotatable bonds is 7. The summed E-state index contributed by atoms with van der Waals surface area (Å²) < 4.78 is 5.52. The summed E-state index contributed by atoms with van der Waals surface area (Å²) in [6, 6.07) is 23.6. The molecular formula is C26H22N2O4. The minimum absolute atomic E-state index is 0.0419. The summed E-state index contributed by atoms with van der Waals surface area (Å²) in [5.74, 6) is -3.81. The molecule has 2 atom stereocenters. The summed E-state index contributed by atoms with van der Waals surface area (Å²) >= 11 is 0. The molecule has 6 nitrogen and oxygen atoms in total. The van der Waals surface area contributed by atoms with Gasteiger partial charge in [0.1, 0.15) is 6.61 Å². The predicted octanol–water partition coefficient (Wildman–Crippen LogP) is 3.48. The molecule has 0 bridgehead atoms. The van der Waals surface area contributed by atoms with Crippen molar-refractivity contribution in [1.29, 1.82) is 5.26 Å². The van der Waals surface area contributed by atoms with E-state index in [1.165, 1.54) is 0 Å². The molecule has 0 radical (unpaired) electrons. The number of nitrogens with zero attached hydrogens (tertiary/aromatic N) is 1. The van der Waals surface area contributed by atoms with Crippen LogP contribution in [0.5, 0.6) is 0 Å². The molecule has 0 heterocycles. The molecule has 6 heteroatoms. The number of nitriles is 1. The van der Waals surface area contributed by atoms with Gasteiger partial charge >= 0.3 is 11.9 Å².